The lowest BCUT2D eigenvalue weighted by atomic mass is 9.99. The van der Waals surface area contributed by atoms with Gasteiger partial charge in [0.05, 0.1) is 6.61 Å². The fourth-order valence-corrected chi connectivity index (χ4v) is 4.44. The molecule has 12 nitrogen and oxygen atoms in total. The van der Waals surface area contributed by atoms with E-state index in [1.165, 1.54) is 42.5 Å². The smallest absolute Gasteiger partial charge is 0.331 e. The monoisotopic (exact) mass is 578 g/mol. The Kier molecular flexibility index (Phi) is 8.13. The Labute approximate surface area is 237 Å². The number of rotatable bonds is 7. The predicted molar refractivity (Wildman–Crippen MR) is 147 cm³/mol. The molecule has 1 saturated heterocycles. The van der Waals surface area contributed by atoms with Crippen molar-refractivity contribution < 1.29 is 54.1 Å². The van der Waals surface area contributed by atoms with E-state index in [1.54, 1.807) is 24.3 Å². The molecular formula is C30H26O12. The van der Waals surface area contributed by atoms with E-state index in [9.17, 15) is 40.2 Å². The topological polar surface area (TPSA) is 196 Å². The Morgan fingerprint density at radius 2 is 1.62 bits per heavy atom. The van der Waals surface area contributed by atoms with Crippen LogP contribution in [-0.2, 0) is 14.3 Å². The molecule has 0 spiro atoms. The Morgan fingerprint density at radius 1 is 0.905 bits per heavy atom. The van der Waals surface area contributed by atoms with Crippen LogP contribution in [0.3, 0.4) is 0 Å². The molecule has 12 heteroatoms. The van der Waals surface area contributed by atoms with Crippen LogP contribution in [0.5, 0.6) is 23.0 Å². The van der Waals surface area contributed by atoms with Crippen molar-refractivity contribution in [3.05, 3.63) is 88.6 Å². The van der Waals surface area contributed by atoms with Crippen LogP contribution >= 0.6 is 0 Å². The minimum absolute atomic E-state index is 0.0128. The van der Waals surface area contributed by atoms with Crippen LogP contribution in [0.15, 0.2) is 82.0 Å². The zero-order chi connectivity index (χ0) is 30.0. The van der Waals surface area contributed by atoms with Gasteiger partial charge < -0.3 is 49.3 Å². The minimum Gasteiger partial charge on any atom is -0.508 e. The van der Waals surface area contributed by atoms with Crippen molar-refractivity contribution in [2.45, 2.75) is 30.7 Å². The highest BCUT2D eigenvalue weighted by atomic mass is 16.7. The van der Waals surface area contributed by atoms with E-state index in [0.29, 0.717) is 11.1 Å². The second-order valence-electron chi connectivity index (χ2n) is 9.49. The van der Waals surface area contributed by atoms with Gasteiger partial charge in [-0.25, -0.2) is 4.79 Å². The van der Waals surface area contributed by atoms with Crippen LogP contribution in [0.25, 0.3) is 28.4 Å². The summed E-state index contributed by atoms with van der Waals surface area (Å²) in [5, 5.41) is 60.1. The van der Waals surface area contributed by atoms with Crippen LogP contribution in [0, 0.1) is 0 Å². The van der Waals surface area contributed by atoms with Crippen molar-refractivity contribution in [2.24, 2.45) is 0 Å². The van der Waals surface area contributed by atoms with Crippen molar-refractivity contribution >= 4 is 23.0 Å². The predicted octanol–water partition coefficient (Wildman–Crippen LogP) is 2.02. The SMILES string of the molecule is O=C(/C=C/c1ccc(O)cc1)O[C@@H]1[C@@H](O)[C@H](Oc2ccc(-c3cc(=O)c4c(O)cc(O)cc4o3)cc2)O[C@H](CO)[C@H]1O. The number of ether oxygens (including phenoxy) is 3. The fourth-order valence-electron chi connectivity index (χ4n) is 4.44. The highest BCUT2D eigenvalue weighted by molar-refractivity contribution is 5.87. The number of fused-ring (bicyclic) bond motifs is 1. The molecule has 5 atom stereocenters. The van der Waals surface area contributed by atoms with Crippen LogP contribution in [0.2, 0.25) is 0 Å². The molecule has 42 heavy (non-hydrogen) atoms. The summed E-state index contributed by atoms with van der Waals surface area (Å²) in [6, 6.07) is 15.5. The lowest BCUT2D eigenvalue weighted by Gasteiger charge is -2.41. The Hall–Kier alpha value is -4.88. The lowest BCUT2D eigenvalue weighted by Crippen LogP contribution is -2.61. The number of aliphatic hydroxyl groups is 3. The second-order valence-corrected chi connectivity index (χ2v) is 9.49. The van der Waals surface area contributed by atoms with Crippen LogP contribution < -0.4 is 10.2 Å². The van der Waals surface area contributed by atoms with Crippen molar-refractivity contribution in [1.82, 2.24) is 0 Å². The summed E-state index contributed by atoms with van der Waals surface area (Å²) < 4.78 is 22.2. The maximum Gasteiger partial charge on any atom is 0.331 e. The summed E-state index contributed by atoms with van der Waals surface area (Å²) in [4.78, 5) is 25.0. The van der Waals surface area contributed by atoms with Crippen molar-refractivity contribution in [1.29, 1.82) is 0 Å². The number of aliphatic hydroxyl groups excluding tert-OH is 3. The number of aromatic hydroxyl groups is 3. The van der Waals surface area contributed by atoms with E-state index in [2.05, 4.69) is 0 Å². The van der Waals surface area contributed by atoms with Gasteiger partial charge in [-0.2, -0.15) is 0 Å². The number of benzene rings is 3. The van der Waals surface area contributed by atoms with E-state index in [4.69, 9.17) is 18.6 Å². The molecule has 1 fully saturated rings. The first-order valence-corrected chi connectivity index (χ1v) is 12.7. The molecule has 1 aromatic heterocycles. The number of phenols is 3. The van der Waals surface area contributed by atoms with E-state index < -0.39 is 54.5 Å². The van der Waals surface area contributed by atoms with Gasteiger partial charge in [-0.1, -0.05) is 12.1 Å². The maximum absolute atomic E-state index is 12.5. The molecule has 1 aliphatic rings. The molecule has 5 rings (SSSR count). The number of hydrogen-bond donors (Lipinski definition) is 6. The van der Waals surface area contributed by atoms with Gasteiger partial charge in [0.25, 0.3) is 0 Å². The second kappa shape index (κ2) is 11.9. The van der Waals surface area contributed by atoms with Gasteiger partial charge in [-0.15, -0.1) is 0 Å². The maximum atomic E-state index is 12.5. The third kappa shape index (κ3) is 6.06. The summed E-state index contributed by atoms with van der Waals surface area (Å²) in [6.45, 7) is -0.657. The third-order valence-corrected chi connectivity index (χ3v) is 6.56. The van der Waals surface area contributed by atoms with Gasteiger partial charge in [0.1, 0.15) is 51.9 Å². The highest BCUT2D eigenvalue weighted by Crippen LogP contribution is 2.32. The summed E-state index contributed by atoms with van der Waals surface area (Å²) in [5.41, 5.74) is 0.510. The van der Waals surface area contributed by atoms with Crippen LogP contribution in [0.4, 0.5) is 0 Å². The molecule has 4 aromatic rings. The molecule has 0 bridgehead atoms. The van der Waals surface area contributed by atoms with Gasteiger partial charge in [0, 0.05) is 29.8 Å². The first-order chi connectivity index (χ1) is 20.1. The molecule has 1 aliphatic heterocycles. The standard InChI is InChI=1S/C30H26O12/c31-14-24-27(37)29(42-25(36)10-3-15-1-6-17(32)7-2-15)28(38)30(41-24)39-19-8-4-16(5-9-19)22-13-21(35)26-20(34)11-18(33)12-23(26)40-22/h1-13,24,27-34,37-38H,14H2/b10-3+/t24-,27-,28-,29+,30-/m1/s1. The largest absolute Gasteiger partial charge is 0.508 e. The molecule has 218 valence electrons. The summed E-state index contributed by atoms with van der Waals surface area (Å²) in [7, 11) is 0. The Balaban J connectivity index is 1.30. The molecule has 3 aromatic carbocycles. The fraction of sp³-hybridized carbons (Fsp3) is 0.200. The van der Waals surface area contributed by atoms with E-state index in [-0.39, 0.29) is 34.0 Å². The van der Waals surface area contributed by atoms with E-state index >= 15 is 0 Å². The van der Waals surface area contributed by atoms with Gasteiger partial charge in [-0.3, -0.25) is 4.79 Å². The molecule has 0 amide bonds. The van der Waals surface area contributed by atoms with Crippen molar-refractivity contribution in [2.75, 3.05) is 6.61 Å². The third-order valence-electron chi connectivity index (χ3n) is 6.56. The minimum atomic E-state index is -1.65. The highest BCUT2D eigenvalue weighted by Gasteiger charge is 2.47. The zero-order valence-corrected chi connectivity index (χ0v) is 21.7. The number of hydrogen-bond acceptors (Lipinski definition) is 12. The zero-order valence-electron chi connectivity index (χ0n) is 21.7. The molecule has 6 N–H and O–H groups in total. The normalized spacial score (nSPS) is 22.3. The molecule has 0 unspecified atom stereocenters. The molecule has 0 aliphatic carbocycles. The number of carbonyl (C=O) groups excluding carboxylic acids is 1. The Bertz CT molecular complexity index is 1660. The first-order valence-electron chi connectivity index (χ1n) is 12.7. The number of carbonyl (C=O) groups is 1. The van der Waals surface area contributed by atoms with E-state index in [0.717, 1.165) is 12.1 Å². The van der Waals surface area contributed by atoms with Gasteiger partial charge in [0.2, 0.25) is 6.29 Å². The quantitative estimate of drug-likeness (QED) is 0.138. The van der Waals surface area contributed by atoms with Crippen molar-refractivity contribution in [3.8, 4) is 34.3 Å². The molecular weight excluding hydrogens is 552 g/mol. The van der Waals surface area contributed by atoms with Crippen LogP contribution in [0.1, 0.15) is 5.56 Å². The summed E-state index contributed by atoms with van der Waals surface area (Å²) in [6.07, 6.45) is -4.90. The van der Waals surface area contributed by atoms with Crippen molar-refractivity contribution in [3.63, 3.8) is 0 Å². The molecule has 0 radical (unpaired) electrons. The first kappa shape index (κ1) is 28.6. The number of phenolic OH excluding ortho intramolecular Hbond substituents is 3. The van der Waals surface area contributed by atoms with Crippen LogP contribution in [-0.4, -0.2) is 73.9 Å². The summed E-state index contributed by atoms with van der Waals surface area (Å²) in [5.74, 6) is -1.18. The average molecular weight is 579 g/mol. The average Bonchev–Trinajstić information content (AvgIpc) is 2.96. The summed E-state index contributed by atoms with van der Waals surface area (Å²) >= 11 is 0. The number of esters is 1. The van der Waals surface area contributed by atoms with Gasteiger partial charge in [-0.05, 0) is 48.0 Å². The van der Waals surface area contributed by atoms with Gasteiger partial charge >= 0.3 is 5.97 Å². The lowest BCUT2D eigenvalue weighted by molar-refractivity contribution is -0.280. The van der Waals surface area contributed by atoms with E-state index in [1.807, 2.05) is 0 Å². The molecule has 0 saturated carbocycles. The van der Waals surface area contributed by atoms with Gasteiger partial charge in [0.15, 0.2) is 17.6 Å². The molecule has 2 heterocycles. The Morgan fingerprint density at radius 3 is 2.31 bits per heavy atom.